The Labute approximate surface area is 95.5 Å². The monoisotopic (exact) mass is 197 g/mol. The largest absolute Gasteiger partial charge is 1.00 e. The fraction of sp³-hybridized carbons (Fsp3) is 1.00. The van der Waals surface area contributed by atoms with Crippen molar-refractivity contribution in [2.45, 2.75) is 26.2 Å². The molecule has 0 spiro atoms. The molecule has 0 unspecified atom stereocenters. The average Bonchev–Trinajstić information content (AvgIpc) is 1.60. The van der Waals surface area contributed by atoms with Crippen LogP contribution in [0.3, 0.4) is 0 Å². The van der Waals surface area contributed by atoms with E-state index in [2.05, 4.69) is 31.3 Å². The Hall–Kier alpha value is 1.35. The molecule has 0 aromatic heterocycles. The Morgan fingerprint density at radius 2 is 1.55 bits per heavy atom. The van der Waals surface area contributed by atoms with Gasteiger partial charge < -0.3 is 10.1 Å². The molecule has 5 heteroatoms. The van der Waals surface area contributed by atoms with Gasteiger partial charge in [0, 0.05) is 8.31 Å². The first kappa shape index (κ1) is 14.9. The molecule has 0 aliphatic rings. The molecule has 0 fully saturated rings. The molecule has 0 atom stereocenters. The molecule has 0 aromatic carbocycles. The molecule has 11 heavy (non-hydrogen) atoms. The van der Waals surface area contributed by atoms with Crippen molar-refractivity contribution in [2.75, 3.05) is 14.1 Å². The summed E-state index contributed by atoms with van der Waals surface area (Å²) in [7, 11) is 2.66. The SMILES string of the molecule is CN(C)[N-][Si](C)(C)[Si](C)C.[Na+]. The first-order valence-corrected chi connectivity index (χ1v) is 10.0. The number of hydrogen-bond acceptors (Lipinski definition) is 1. The Bertz CT molecular complexity index is 107. The van der Waals surface area contributed by atoms with Crippen LogP contribution < -0.4 is 29.6 Å². The Morgan fingerprint density at radius 3 is 1.64 bits per heavy atom. The first-order chi connectivity index (χ1) is 4.36. The fourth-order valence-corrected chi connectivity index (χ4v) is 3.00. The second-order valence-electron chi connectivity index (χ2n) is 3.51. The maximum Gasteiger partial charge on any atom is 1.00 e. The Morgan fingerprint density at radius 1 is 1.18 bits per heavy atom. The number of rotatable bonds is 3. The molecule has 0 aliphatic carbocycles. The molecule has 61 valence electrons. The van der Waals surface area contributed by atoms with Gasteiger partial charge in [-0.25, -0.2) is 0 Å². The predicted molar refractivity (Wildman–Crippen MR) is 52.0 cm³/mol. The van der Waals surface area contributed by atoms with Crippen molar-refractivity contribution in [3.05, 3.63) is 5.09 Å². The molecule has 0 amide bonds. The van der Waals surface area contributed by atoms with E-state index in [0.29, 0.717) is 0 Å². The summed E-state index contributed by atoms with van der Waals surface area (Å²) in [6.45, 7) is 9.37. The van der Waals surface area contributed by atoms with Gasteiger partial charge in [-0.15, -0.1) is 0 Å². The number of hydrogen-bond donors (Lipinski definition) is 0. The van der Waals surface area contributed by atoms with Crippen LogP contribution in [0.5, 0.6) is 0 Å². The summed E-state index contributed by atoms with van der Waals surface area (Å²) in [5.41, 5.74) is 0. The maximum atomic E-state index is 4.63. The van der Waals surface area contributed by atoms with Crippen LogP contribution in [0.1, 0.15) is 0 Å². The van der Waals surface area contributed by atoms with Crippen molar-refractivity contribution >= 4 is 16.1 Å². The topological polar surface area (TPSA) is 17.3 Å². The Balaban J connectivity index is 0. The van der Waals surface area contributed by atoms with Gasteiger partial charge in [-0.1, -0.05) is 33.9 Å². The van der Waals surface area contributed by atoms with Crippen LogP contribution in [0.15, 0.2) is 0 Å². The van der Waals surface area contributed by atoms with E-state index in [1.54, 1.807) is 0 Å². The molecule has 0 N–H and O–H groups in total. The van der Waals surface area contributed by atoms with Crippen molar-refractivity contribution < 1.29 is 29.6 Å². The molecule has 0 saturated carbocycles. The second-order valence-corrected chi connectivity index (χ2v) is 15.5. The second kappa shape index (κ2) is 5.91. The maximum absolute atomic E-state index is 4.63. The van der Waals surface area contributed by atoms with Crippen molar-refractivity contribution in [3.8, 4) is 0 Å². The zero-order chi connectivity index (χ0) is 8.36. The van der Waals surface area contributed by atoms with Crippen molar-refractivity contribution in [2.24, 2.45) is 0 Å². The van der Waals surface area contributed by atoms with Gasteiger partial charge in [0.25, 0.3) is 0 Å². The van der Waals surface area contributed by atoms with Crippen LogP contribution in [0.4, 0.5) is 0 Å². The summed E-state index contributed by atoms with van der Waals surface area (Å²) < 4.78 is 0. The van der Waals surface area contributed by atoms with E-state index in [9.17, 15) is 0 Å². The molecular formula is C6H18N2NaSi2. The third-order valence-corrected chi connectivity index (χ3v) is 12.7. The summed E-state index contributed by atoms with van der Waals surface area (Å²) in [6, 6.07) is 0. The normalized spacial score (nSPS) is 12.0. The third-order valence-electron chi connectivity index (χ3n) is 1.67. The smallest absolute Gasteiger partial charge is 0.599 e. The molecule has 2 nitrogen and oxygen atoms in total. The standard InChI is InChI=1S/C6H18N2Si2.Na/c1-8(2)7-10(5,6)9(3)4;/h1-6H3;/q-1;+1. The zero-order valence-electron chi connectivity index (χ0n) is 8.89. The molecular weight excluding hydrogens is 179 g/mol. The zero-order valence-corrected chi connectivity index (χ0v) is 12.9. The molecule has 0 heterocycles. The summed E-state index contributed by atoms with van der Waals surface area (Å²) in [4.78, 5) is 0. The molecule has 0 saturated heterocycles. The summed E-state index contributed by atoms with van der Waals surface area (Å²) in [5, 5.41) is 6.59. The van der Waals surface area contributed by atoms with Gasteiger partial charge in [-0.05, 0) is 14.1 Å². The van der Waals surface area contributed by atoms with E-state index >= 15 is 0 Å². The molecule has 0 bridgehead atoms. The van der Waals surface area contributed by atoms with E-state index in [1.807, 2.05) is 19.1 Å². The van der Waals surface area contributed by atoms with Gasteiger partial charge in [-0.2, -0.15) is 0 Å². The van der Waals surface area contributed by atoms with Crippen molar-refractivity contribution in [3.63, 3.8) is 0 Å². The van der Waals surface area contributed by atoms with E-state index in [1.165, 1.54) is 0 Å². The van der Waals surface area contributed by atoms with E-state index < -0.39 is 7.75 Å². The van der Waals surface area contributed by atoms with Gasteiger partial charge in [0.05, 0.1) is 0 Å². The quantitative estimate of drug-likeness (QED) is 0.414. The van der Waals surface area contributed by atoms with Crippen LogP contribution in [-0.2, 0) is 0 Å². The van der Waals surface area contributed by atoms with Crippen LogP contribution >= 0.6 is 0 Å². The minimum atomic E-state index is -1.19. The van der Waals surface area contributed by atoms with Crippen LogP contribution in [-0.4, -0.2) is 35.2 Å². The van der Waals surface area contributed by atoms with Gasteiger partial charge in [-0.3, -0.25) is 0 Å². The van der Waals surface area contributed by atoms with Crippen molar-refractivity contribution in [1.82, 2.24) is 5.01 Å². The van der Waals surface area contributed by atoms with E-state index in [4.69, 9.17) is 0 Å². The van der Waals surface area contributed by atoms with E-state index in [0.717, 1.165) is 0 Å². The van der Waals surface area contributed by atoms with E-state index in [-0.39, 0.29) is 37.9 Å². The third kappa shape index (κ3) is 6.51. The van der Waals surface area contributed by atoms with Gasteiger partial charge in [0.1, 0.15) is 0 Å². The Kier molecular flexibility index (Phi) is 7.98. The summed E-state index contributed by atoms with van der Waals surface area (Å²) >= 11 is 0. The van der Waals surface area contributed by atoms with Crippen LogP contribution in [0, 0.1) is 0 Å². The summed E-state index contributed by atoms with van der Waals surface area (Å²) in [5.74, 6) is 0. The van der Waals surface area contributed by atoms with Gasteiger partial charge >= 0.3 is 29.6 Å². The predicted octanol–water partition coefficient (Wildman–Crippen LogP) is -1.12. The minimum Gasteiger partial charge on any atom is -0.599 e. The van der Waals surface area contributed by atoms with Crippen molar-refractivity contribution in [1.29, 1.82) is 0 Å². The molecule has 0 rings (SSSR count). The average molecular weight is 197 g/mol. The molecule has 0 aromatic rings. The minimum absolute atomic E-state index is 0. The fourth-order valence-electron chi connectivity index (χ4n) is 0.600. The summed E-state index contributed by atoms with van der Waals surface area (Å²) in [6.07, 6.45) is 0. The van der Waals surface area contributed by atoms with Crippen LogP contribution in [0.2, 0.25) is 26.2 Å². The molecule has 1 radical (unpaired) electrons. The van der Waals surface area contributed by atoms with Gasteiger partial charge in [0.15, 0.2) is 0 Å². The first-order valence-electron chi connectivity index (χ1n) is 3.57. The van der Waals surface area contributed by atoms with Crippen LogP contribution in [0.25, 0.3) is 5.09 Å². The van der Waals surface area contributed by atoms with Gasteiger partial charge in [0.2, 0.25) is 0 Å². The number of nitrogens with zero attached hydrogens (tertiary/aromatic N) is 2. The molecule has 0 aliphatic heterocycles.